The average Bonchev–Trinajstić information content (AvgIpc) is 2.47. The molecule has 1 aliphatic carbocycles. The quantitative estimate of drug-likeness (QED) is 0.708. The molecule has 1 fully saturated rings. The lowest BCUT2D eigenvalue weighted by Crippen LogP contribution is -2.29. The highest BCUT2D eigenvalue weighted by Crippen LogP contribution is 2.26. The van der Waals surface area contributed by atoms with Gasteiger partial charge in [0.1, 0.15) is 0 Å². The molecule has 90 valence electrons. The van der Waals surface area contributed by atoms with Crippen molar-refractivity contribution in [2.24, 2.45) is 5.41 Å². The van der Waals surface area contributed by atoms with Crippen molar-refractivity contribution in [3.05, 3.63) is 0 Å². The maximum atomic E-state index is 11.0. The lowest BCUT2D eigenvalue weighted by atomic mass is 9.98. The van der Waals surface area contributed by atoms with E-state index < -0.39 is 14.5 Å². The Morgan fingerprint density at radius 2 is 1.87 bits per heavy atom. The molecule has 3 nitrogen and oxygen atoms in total. The van der Waals surface area contributed by atoms with Gasteiger partial charge in [-0.2, -0.15) is 0 Å². The summed E-state index contributed by atoms with van der Waals surface area (Å²) in [4.78, 5) is 0. The van der Waals surface area contributed by atoms with Gasteiger partial charge in [0.15, 0.2) is 0 Å². The van der Waals surface area contributed by atoms with E-state index in [1.807, 2.05) is 13.8 Å². The summed E-state index contributed by atoms with van der Waals surface area (Å²) in [5.74, 6) is -0.0335. The van der Waals surface area contributed by atoms with Gasteiger partial charge in [-0.3, -0.25) is 0 Å². The highest BCUT2D eigenvalue weighted by atomic mass is 35.7. The molecule has 0 aromatic heterocycles. The lowest BCUT2D eigenvalue weighted by molar-refractivity contribution is 0.0140. The molecule has 0 aromatic carbocycles. The van der Waals surface area contributed by atoms with E-state index in [4.69, 9.17) is 15.4 Å². The van der Waals surface area contributed by atoms with Crippen molar-refractivity contribution in [3.8, 4) is 0 Å². The van der Waals surface area contributed by atoms with Gasteiger partial charge < -0.3 is 4.74 Å². The number of ether oxygens (including phenoxy) is 1. The van der Waals surface area contributed by atoms with Gasteiger partial charge in [0.25, 0.3) is 0 Å². The van der Waals surface area contributed by atoms with Crippen LogP contribution in [0.4, 0.5) is 0 Å². The second-order valence-corrected chi connectivity index (χ2v) is 7.84. The maximum Gasteiger partial charge on any atom is 0.233 e. The van der Waals surface area contributed by atoms with E-state index in [-0.39, 0.29) is 5.75 Å². The van der Waals surface area contributed by atoms with Crippen LogP contribution in [0.5, 0.6) is 0 Å². The van der Waals surface area contributed by atoms with Crippen molar-refractivity contribution in [1.82, 2.24) is 0 Å². The van der Waals surface area contributed by atoms with E-state index in [9.17, 15) is 8.42 Å². The number of rotatable bonds is 5. The minimum absolute atomic E-state index is 0.0335. The van der Waals surface area contributed by atoms with Gasteiger partial charge in [-0.05, 0) is 12.8 Å². The van der Waals surface area contributed by atoms with Crippen LogP contribution in [0.1, 0.15) is 39.5 Å². The van der Waals surface area contributed by atoms with Gasteiger partial charge in [-0.25, -0.2) is 8.42 Å². The predicted molar refractivity (Wildman–Crippen MR) is 61.6 cm³/mol. The SMILES string of the molecule is CC(C)(COC1CCCC1)CS(=O)(=O)Cl. The molecule has 0 unspecified atom stereocenters. The molecule has 0 saturated heterocycles. The summed E-state index contributed by atoms with van der Waals surface area (Å²) in [6, 6.07) is 0. The van der Waals surface area contributed by atoms with Crippen molar-refractivity contribution in [2.45, 2.75) is 45.6 Å². The first-order valence-corrected chi connectivity index (χ1v) is 7.80. The number of halogens is 1. The Balaban J connectivity index is 2.35. The fourth-order valence-electron chi connectivity index (χ4n) is 1.91. The predicted octanol–water partition coefficient (Wildman–Crippen LogP) is 2.54. The summed E-state index contributed by atoms with van der Waals surface area (Å²) in [5, 5.41) is 0. The molecule has 0 heterocycles. The Kier molecular flexibility index (Phi) is 4.44. The summed E-state index contributed by atoms with van der Waals surface area (Å²) in [6.07, 6.45) is 4.97. The molecular weight excluding hydrogens is 236 g/mol. The largest absolute Gasteiger partial charge is 0.378 e. The smallest absolute Gasteiger partial charge is 0.233 e. The molecule has 0 bridgehead atoms. The zero-order valence-electron chi connectivity index (χ0n) is 9.33. The second-order valence-electron chi connectivity index (χ2n) is 5.06. The van der Waals surface area contributed by atoms with Crippen LogP contribution in [-0.2, 0) is 13.8 Å². The fraction of sp³-hybridized carbons (Fsp3) is 1.00. The third-order valence-corrected chi connectivity index (χ3v) is 4.03. The van der Waals surface area contributed by atoms with Crippen molar-refractivity contribution in [1.29, 1.82) is 0 Å². The van der Waals surface area contributed by atoms with Crippen molar-refractivity contribution in [3.63, 3.8) is 0 Å². The summed E-state index contributed by atoms with van der Waals surface area (Å²) in [7, 11) is 1.79. The van der Waals surface area contributed by atoms with Crippen LogP contribution in [0.3, 0.4) is 0 Å². The molecule has 0 spiro atoms. The topological polar surface area (TPSA) is 43.4 Å². The summed E-state index contributed by atoms with van der Waals surface area (Å²) >= 11 is 0. The van der Waals surface area contributed by atoms with Crippen molar-refractivity contribution < 1.29 is 13.2 Å². The summed E-state index contributed by atoms with van der Waals surface area (Å²) in [5.41, 5.74) is -0.400. The minimum Gasteiger partial charge on any atom is -0.378 e. The molecule has 0 radical (unpaired) electrons. The molecule has 1 aliphatic rings. The van der Waals surface area contributed by atoms with E-state index in [0.717, 1.165) is 12.8 Å². The first kappa shape index (κ1) is 13.3. The molecule has 1 saturated carbocycles. The summed E-state index contributed by atoms with van der Waals surface area (Å²) < 4.78 is 27.6. The molecule has 0 N–H and O–H groups in total. The van der Waals surface area contributed by atoms with Crippen molar-refractivity contribution in [2.75, 3.05) is 12.4 Å². The van der Waals surface area contributed by atoms with Crippen LogP contribution >= 0.6 is 10.7 Å². The van der Waals surface area contributed by atoms with Crippen LogP contribution in [0.15, 0.2) is 0 Å². The maximum absolute atomic E-state index is 11.0. The lowest BCUT2D eigenvalue weighted by Gasteiger charge is -2.24. The summed E-state index contributed by atoms with van der Waals surface area (Å²) in [6.45, 7) is 4.19. The van der Waals surface area contributed by atoms with E-state index in [1.165, 1.54) is 12.8 Å². The zero-order valence-corrected chi connectivity index (χ0v) is 10.9. The molecule has 5 heteroatoms. The fourth-order valence-corrected chi connectivity index (χ4v) is 3.81. The molecule has 1 rings (SSSR count). The second kappa shape index (κ2) is 5.02. The molecule has 0 aromatic rings. The van der Waals surface area contributed by atoms with Gasteiger partial charge >= 0.3 is 0 Å². The first-order chi connectivity index (χ1) is 6.79. The van der Waals surface area contributed by atoms with Crippen LogP contribution in [0.2, 0.25) is 0 Å². The van der Waals surface area contributed by atoms with Gasteiger partial charge in [-0.1, -0.05) is 26.7 Å². The highest BCUT2D eigenvalue weighted by Gasteiger charge is 2.27. The zero-order chi connectivity index (χ0) is 11.5. The average molecular weight is 255 g/mol. The molecule has 0 atom stereocenters. The molecular formula is C10H19ClO3S. The van der Waals surface area contributed by atoms with Gasteiger partial charge in [0, 0.05) is 16.1 Å². The third-order valence-electron chi connectivity index (χ3n) is 2.58. The monoisotopic (exact) mass is 254 g/mol. The van der Waals surface area contributed by atoms with E-state index in [1.54, 1.807) is 0 Å². The normalized spacial score (nSPS) is 19.7. The number of hydrogen-bond donors (Lipinski definition) is 0. The Bertz CT molecular complexity index is 292. The molecule has 0 amide bonds. The van der Waals surface area contributed by atoms with Crippen LogP contribution in [0.25, 0.3) is 0 Å². The third kappa shape index (κ3) is 5.73. The van der Waals surface area contributed by atoms with Crippen LogP contribution in [-0.4, -0.2) is 26.9 Å². The van der Waals surface area contributed by atoms with Gasteiger partial charge in [0.2, 0.25) is 9.05 Å². The van der Waals surface area contributed by atoms with Crippen molar-refractivity contribution >= 4 is 19.7 Å². The highest BCUT2D eigenvalue weighted by molar-refractivity contribution is 8.13. The first-order valence-electron chi connectivity index (χ1n) is 5.32. The standard InChI is InChI=1S/C10H19ClO3S/c1-10(2,8-15(11,12)13)7-14-9-5-3-4-6-9/h9H,3-8H2,1-2H3. The minimum atomic E-state index is -3.44. The van der Waals surface area contributed by atoms with Crippen LogP contribution < -0.4 is 0 Å². The molecule has 15 heavy (non-hydrogen) atoms. The Labute approximate surface area is 96.6 Å². The Hall–Kier alpha value is 0.200. The Morgan fingerprint density at radius 3 is 2.33 bits per heavy atom. The Morgan fingerprint density at radius 1 is 1.33 bits per heavy atom. The number of hydrogen-bond acceptors (Lipinski definition) is 3. The van der Waals surface area contributed by atoms with Gasteiger partial charge in [-0.15, -0.1) is 0 Å². The van der Waals surface area contributed by atoms with E-state index in [0.29, 0.717) is 12.7 Å². The van der Waals surface area contributed by atoms with E-state index >= 15 is 0 Å². The van der Waals surface area contributed by atoms with E-state index in [2.05, 4.69) is 0 Å². The van der Waals surface area contributed by atoms with Gasteiger partial charge in [0.05, 0.1) is 18.5 Å². The van der Waals surface area contributed by atoms with Crippen LogP contribution in [0, 0.1) is 5.41 Å². The molecule has 0 aliphatic heterocycles.